The van der Waals surface area contributed by atoms with E-state index in [1.807, 2.05) is 25.1 Å². The number of imidazole rings is 1. The fourth-order valence-corrected chi connectivity index (χ4v) is 2.60. The Morgan fingerprint density at radius 2 is 1.82 bits per heavy atom. The highest BCUT2D eigenvalue weighted by Crippen LogP contribution is 2.25. The molecule has 112 valence electrons. The average molecular weight is 296 g/mol. The number of phenols is 1. The van der Waals surface area contributed by atoms with Crippen LogP contribution in [0, 0.1) is 0 Å². The minimum atomic E-state index is -1.45. The van der Waals surface area contributed by atoms with Gasteiger partial charge in [0, 0.05) is 13.0 Å². The fraction of sp³-hybridized carbons (Fsp3) is 0.188. The van der Waals surface area contributed by atoms with Crippen molar-refractivity contribution in [1.29, 1.82) is 0 Å². The molecule has 6 heteroatoms. The topological polar surface area (TPSA) is 78.5 Å². The monoisotopic (exact) mass is 296 g/mol. The summed E-state index contributed by atoms with van der Waals surface area (Å²) < 4.78 is 2.07. The smallest absolute Gasteiger partial charge is 0.488 e. The molecule has 0 aliphatic heterocycles. The van der Waals surface area contributed by atoms with Gasteiger partial charge in [0.05, 0.1) is 5.52 Å². The normalized spacial score (nSPS) is 11.0. The zero-order valence-corrected chi connectivity index (χ0v) is 12.3. The summed E-state index contributed by atoms with van der Waals surface area (Å²) >= 11 is 0. The van der Waals surface area contributed by atoms with E-state index in [1.54, 1.807) is 24.3 Å². The lowest BCUT2D eigenvalue weighted by atomic mass is 9.80. The summed E-state index contributed by atoms with van der Waals surface area (Å²) in [5.74, 6) is 1.09. The number of hydrogen-bond acceptors (Lipinski definition) is 4. The van der Waals surface area contributed by atoms with Gasteiger partial charge in [-0.25, -0.2) is 4.98 Å². The quantitative estimate of drug-likeness (QED) is 0.628. The molecule has 1 heterocycles. The fourth-order valence-electron chi connectivity index (χ4n) is 2.60. The van der Waals surface area contributed by atoms with Crippen molar-refractivity contribution >= 4 is 23.6 Å². The lowest BCUT2D eigenvalue weighted by molar-refractivity contribution is 0.426. The molecular formula is C16H17BN2O3. The third-order valence-electron chi connectivity index (χ3n) is 3.77. The molecule has 5 nitrogen and oxygen atoms in total. The second-order valence-corrected chi connectivity index (χ2v) is 5.23. The minimum Gasteiger partial charge on any atom is -0.506 e. The van der Waals surface area contributed by atoms with Crippen molar-refractivity contribution in [3.8, 4) is 5.75 Å². The van der Waals surface area contributed by atoms with Crippen LogP contribution >= 0.6 is 0 Å². The molecule has 0 spiro atoms. The molecule has 0 aliphatic carbocycles. The second-order valence-electron chi connectivity index (χ2n) is 5.23. The SMILES string of the molecule is CCc1nc2c(O)cccc2n1Cc1ccc(B(O)O)cc1. The number of fused-ring (bicyclic) bond motifs is 1. The van der Waals surface area contributed by atoms with E-state index in [2.05, 4.69) is 9.55 Å². The molecule has 22 heavy (non-hydrogen) atoms. The number of rotatable bonds is 4. The number of aryl methyl sites for hydroxylation is 1. The van der Waals surface area contributed by atoms with E-state index in [0.29, 0.717) is 17.5 Å². The zero-order valence-electron chi connectivity index (χ0n) is 12.3. The first-order valence-electron chi connectivity index (χ1n) is 7.22. The summed E-state index contributed by atoms with van der Waals surface area (Å²) in [7, 11) is -1.45. The van der Waals surface area contributed by atoms with Crippen molar-refractivity contribution in [2.75, 3.05) is 0 Å². The van der Waals surface area contributed by atoms with Crippen LogP contribution in [0.4, 0.5) is 0 Å². The maximum absolute atomic E-state index is 9.94. The Labute approximate surface area is 128 Å². The van der Waals surface area contributed by atoms with Crippen molar-refractivity contribution in [3.05, 3.63) is 53.9 Å². The third-order valence-corrected chi connectivity index (χ3v) is 3.77. The minimum absolute atomic E-state index is 0.185. The van der Waals surface area contributed by atoms with Crippen LogP contribution in [-0.2, 0) is 13.0 Å². The second kappa shape index (κ2) is 5.83. The molecule has 3 rings (SSSR count). The molecule has 3 N–H and O–H groups in total. The third kappa shape index (κ3) is 2.58. The van der Waals surface area contributed by atoms with Crippen LogP contribution in [0.3, 0.4) is 0 Å². The van der Waals surface area contributed by atoms with E-state index >= 15 is 0 Å². The molecule has 0 aliphatic rings. The first-order valence-corrected chi connectivity index (χ1v) is 7.22. The van der Waals surface area contributed by atoms with E-state index in [9.17, 15) is 5.11 Å². The van der Waals surface area contributed by atoms with Gasteiger partial charge in [-0.15, -0.1) is 0 Å². The van der Waals surface area contributed by atoms with E-state index in [-0.39, 0.29) is 5.75 Å². The Balaban J connectivity index is 2.01. The van der Waals surface area contributed by atoms with Gasteiger partial charge in [-0.05, 0) is 23.2 Å². The maximum Gasteiger partial charge on any atom is 0.488 e. The first-order chi connectivity index (χ1) is 10.6. The van der Waals surface area contributed by atoms with Crippen LogP contribution in [-0.4, -0.2) is 31.8 Å². The number of benzene rings is 2. The Morgan fingerprint density at radius 3 is 2.45 bits per heavy atom. The van der Waals surface area contributed by atoms with Gasteiger partial charge in [0.15, 0.2) is 0 Å². The molecule has 2 aromatic carbocycles. The highest BCUT2D eigenvalue weighted by atomic mass is 16.4. The number of para-hydroxylation sites is 1. The Kier molecular flexibility index (Phi) is 3.87. The van der Waals surface area contributed by atoms with E-state index in [1.165, 1.54) is 0 Å². The van der Waals surface area contributed by atoms with Crippen molar-refractivity contribution in [2.24, 2.45) is 0 Å². The molecule has 0 fully saturated rings. The Hall–Kier alpha value is -2.31. The van der Waals surface area contributed by atoms with Gasteiger partial charge in [-0.2, -0.15) is 0 Å². The molecule has 0 unspecified atom stereocenters. The number of aromatic hydroxyl groups is 1. The molecule has 0 saturated heterocycles. The van der Waals surface area contributed by atoms with Gasteiger partial charge >= 0.3 is 7.12 Å². The number of nitrogens with zero attached hydrogens (tertiary/aromatic N) is 2. The summed E-state index contributed by atoms with van der Waals surface area (Å²) in [5, 5.41) is 28.2. The number of aromatic nitrogens is 2. The predicted molar refractivity (Wildman–Crippen MR) is 86.1 cm³/mol. The van der Waals surface area contributed by atoms with Gasteiger partial charge in [0.25, 0.3) is 0 Å². The molecule has 0 atom stereocenters. The largest absolute Gasteiger partial charge is 0.506 e. The first kappa shape index (κ1) is 14.6. The van der Waals surface area contributed by atoms with Crippen molar-refractivity contribution in [3.63, 3.8) is 0 Å². The Morgan fingerprint density at radius 1 is 1.09 bits per heavy atom. The lowest BCUT2D eigenvalue weighted by Crippen LogP contribution is -2.29. The molecule has 0 amide bonds. The van der Waals surface area contributed by atoms with Crippen LogP contribution in [0.25, 0.3) is 11.0 Å². The van der Waals surface area contributed by atoms with Crippen molar-refractivity contribution < 1.29 is 15.2 Å². The van der Waals surface area contributed by atoms with E-state index in [0.717, 1.165) is 23.3 Å². The molecule has 3 aromatic rings. The molecular weight excluding hydrogens is 279 g/mol. The standard InChI is InChI=1S/C16H17BN2O3/c1-2-15-18-16-13(4-3-5-14(16)20)19(15)10-11-6-8-12(9-7-11)17(21)22/h3-9,20-22H,2,10H2,1H3. The van der Waals surface area contributed by atoms with E-state index in [4.69, 9.17) is 10.0 Å². The van der Waals surface area contributed by atoms with Crippen LogP contribution in [0.15, 0.2) is 42.5 Å². The predicted octanol–water partition coefficient (Wildman–Crippen LogP) is 1.03. The molecule has 0 saturated carbocycles. The van der Waals surface area contributed by atoms with Gasteiger partial charge in [-0.3, -0.25) is 0 Å². The summed E-state index contributed by atoms with van der Waals surface area (Å²) in [6, 6.07) is 12.5. The van der Waals surface area contributed by atoms with Gasteiger partial charge < -0.3 is 19.7 Å². The number of phenolic OH excluding ortho intramolecular Hbond substituents is 1. The van der Waals surface area contributed by atoms with Crippen LogP contribution in [0.5, 0.6) is 5.75 Å². The van der Waals surface area contributed by atoms with Crippen LogP contribution in [0.2, 0.25) is 0 Å². The van der Waals surface area contributed by atoms with Gasteiger partial charge in [-0.1, -0.05) is 37.3 Å². The molecule has 0 bridgehead atoms. The van der Waals surface area contributed by atoms with Gasteiger partial charge in [0.2, 0.25) is 0 Å². The van der Waals surface area contributed by atoms with Crippen LogP contribution in [0.1, 0.15) is 18.3 Å². The highest BCUT2D eigenvalue weighted by molar-refractivity contribution is 6.58. The van der Waals surface area contributed by atoms with Gasteiger partial charge in [0.1, 0.15) is 17.1 Å². The summed E-state index contributed by atoms with van der Waals surface area (Å²) in [5.41, 5.74) is 3.00. The number of hydrogen-bond donors (Lipinski definition) is 3. The summed E-state index contributed by atoms with van der Waals surface area (Å²) in [4.78, 5) is 4.51. The van der Waals surface area contributed by atoms with Crippen LogP contribution < -0.4 is 5.46 Å². The van der Waals surface area contributed by atoms with E-state index < -0.39 is 7.12 Å². The summed E-state index contributed by atoms with van der Waals surface area (Å²) in [6.45, 7) is 2.64. The molecule has 0 radical (unpaired) electrons. The lowest BCUT2D eigenvalue weighted by Gasteiger charge is -2.09. The van der Waals surface area contributed by atoms with Crippen molar-refractivity contribution in [2.45, 2.75) is 19.9 Å². The maximum atomic E-state index is 9.94. The van der Waals surface area contributed by atoms with Crippen molar-refractivity contribution in [1.82, 2.24) is 9.55 Å². The average Bonchev–Trinajstić information content (AvgIpc) is 2.87. The zero-order chi connectivity index (χ0) is 15.7. The Bertz CT molecular complexity index is 797. The summed E-state index contributed by atoms with van der Waals surface area (Å²) in [6.07, 6.45) is 0.765. The highest BCUT2D eigenvalue weighted by Gasteiger charge is 2.13. The molecule has 1 aromatic heterocycles.